The molecule has 5 heteroatoms. The summed E-state index contributed by atoms with van der Waals surface area (Å²) < 4.78 is 6.94. The van der Waals surface area contributed by atoms with Crippen molar-refractivity contribution in [1.29, 1.82) is 0 Å². The van der Waals surface area contributed by atoms with E-state index in [1.807, 2.05) is 22.6 Å². The van der Waals surface area contributed by atoms with Crippen molar-refractivity contribution in [2.75, 3.05) is 24.8 Å². The molecule has 1 saturated heterocycles. The van der Waals surface area contributed by atoms with Crippen molar-refractivity contribution >= 4 is 17.4 Å². The zero-order valence-electron chi connectivity index (χ0n) is 9.85. The SMILES string of the molecule is COCCn1cc(NC2CCSC2C)cn1. The lowest BCUT2D eigenvalue weighted by Crippen LogP contribution is -2.24. The van der Waals surface area contributed by atoms with E-state index < -0.39 is 0 Å². The van der Waals surface area contributed by atoms with Gasteiger partial charge in [0.1, 0.15) is 0 Å². The van der Waals surface area contributed by atoms with Crippen molar-refractivity contribution in [2.45, 2.75) is 31.2 Å². The van der Waals surface area contributed by atoms with E-state index in [4.69, 9.17) is 4.74 Å². The third kappa shape index (κ3) is 2.92. The number of thioether (sulfide) groups is 1. The highest BCUT2D eigenvalue weighted by molar-refractivity contribution is 8.00. The van der Waals surface area contributed by atoms with E-state index in [-0.39, 0.29) is 0 Å². The molecule has 0 aliphatic carbocycles. The third-order valence-electron chi connectivity index (χ3n) is 2.89. The Labute approximate surface area is 101 Å². The molecule has 1 fully saturated rings. The number of nitrogens with one attached hydrogen (secondary N) is 1. The van der Waals surface area contributed by atoms with Crippen molar-refractivity contribution in [3.63, 3.8) is 0 Å². The van der Waals surface area contributed by atoms with Gasteiger partial charge in [0.15, 0.2) is 0 Å². The zero-order chi connectivity index (χ0) is 11.4. The molecule has 1 aromatic rings. The van der Waals surface area contributed by atoms with Crippen molar-refractivity contribution in [1.82, 2.24) is 9.78 Å². The quantitative estimate of drug-likeness (QED) is 0.853. The van der Waals surface area contributed by atoms with E-state index in [0.29, 0.717) is 17.9 Å². The number of nitrogens with zero attached hydrogens (tertiary/aromatic N) is 2. The normalized spacial score (nSPS) is 24.9. The molecule has 1 aliphatic heterocycles. The van der Waals surface area contributed by atoms with Gasteiger partial charge in [-0.2, -0.15) is 16.9 Å². The molecule has 2 heterocycles. The summed E-state index contributed by atoms with van der Waals surface area (Å²) in [6.45, 7) is 3.80. The standard InChI is InChI=1S/C11H19N3OS/c1-9-11(3-6-16-9)13-10-7-12-14(8-10)4-5-15-2/h7-9,11,13H,3-6H2,1-2H3. The maximum atomic E-state index is 5.02. The van der Waals surface area contributed by atoms with Gasteiger partial charge in [0, 0.05) is 24.6 Å². The summed E-state index contributed by atoms with van der Waals surface area (Å²) in [5, 5.41) is 8.53. The average Bonchev–Trinajstić information content (AvgIpc) is 2.87. The predicted octanol–water partition coefficient (Wildman–Crippen LogP) is 1.84. The lowest BCUT2D eigenvalue weighted by atomic mass is 10.2. The molecule has 0 amide bonds. The predicted molar refractivity (Wildman–Crippen MR) is 68.1 cm³/mol. The molecule has 0 bridgehead atoms. The van der Waals surface area contributed by atoms with Crippen LogP contribution in [0.2, 0.25) is 0 Å². The van der Waals surface area contributed by atoms with Crippen molar-refractivity contribution in [2.24, 2.45) is 0 Å². The minimum Gasteiger partial charge on any atom is -0.383 e. The maximum absolute atomic E-state index is 5.02. The van der Waals surface area contributed by atoms with Crippen LogP contribution in [-0.2, 0) is 11.3 Å². The fraction of sp³-hybridized carbons (Fsp3) is 0.727. The largest absolute Gasteiger partial charge is 0.383 e. The molecular formula is C11H19N3OS. The first kappa shape index (κ1) is 11.8. The van der Waals surface area contributed by atoms with Crippen LogP contribution in [-0.4, -0.2) is 40.5 Å². The molecule has 1 aromatic heterocycles. The summed E-state index contributed by atoms with van der Waals surface area (Å²) in [5.41, 5.74) is 1.12. The second-order valence-electron chi connectivity index (χ2n) is 4.10. The van der Waals surface area contributed by atoms with Crippen molar-refractivity contribution in [3.05, 3.63) is 12.4 Å². The van der Waals surface area contributed by atoms with Crippen molar-refractivity contribution in [3.8, 4) is 0 Å². The molecule has 2 rings (SSSR count). The number of hydrogen-bond acceptors (Lipinski definition) is 4. The lowest BCUT2D eigenvalue weighted by molar-refractivity contribution is 0.183. The van der Waals surface area contributed by atoms with E-state index in [0.717, 1.165) is 12.2 Å². The number of hydrogen-bond donors (Lipinski definition) is 1. The molecule has 1 aliphatic rings. The van der Waals surface area contributed by atoms with Gasteiger partial charge >= 0.3 is 0 Å². The summed E-state index contributed by atoms with van der Waals surface area (Å²) in [4.78, 5) is 0. The van der Waals surface area contributed by atoms with Crippen LogP contribution in [0.1, 0.15) is 13.3 Å². The van der Waals surface area contributed by atoms with Crippen LogP contribution in [0.25, 0.3) is 0 Å². The molecule has 90 valence electrons. The average molecular weight is 241 g/mol. The van der Waals surface area contributed by atoms with Crippen LogP contribution in [0.5, 0.6) is 0 Å². The minimum atomic E-state index is 0.588. The Morgan fingerprint density at radius 3 is 3.25 bits per heavy atom. The van der Waals surface area contributed by atoms with Crippen LogP contribution in [0.3, 0.4) is 0 Å². The van der Waals surface area contributed by atoms with E-state index in [1.165, 1.54) is 12.2 Å². The Balaban J connectivity index is 1.87. The van der Waals surface area contributed by atoms with Gasteiger partial charge in [-0.25, -0.2) is 0 Å². The number of rotatable bonds is 5. The molecular weight excluding hydrogens is 222 g/mol. The van der Waals surface area contributed by atoms with Gasteiger partial charge in [-0.3, -0.25) is 4.68 Å². The van der Waals surface area contributed by atoms with Crippen LogP contribution in [0.15, 0.2) is 12.4 Å². The van der Waals surface area contributed by atoms with Gasteiger partial charge in [-0.1, -0.05) is 6.92 Å². The van der Waals surface area contributed by atoms with E-state index in [1.54, 1.807) is 7.11 Å². The smallest absolute Gasteiger partial charge is 0.0729 e. The Bertz CT molecular complexity index is 329. The highest BCUT2D eigenvalue weighted by atomic mass is 32.2. The molecule has 1 N–H and O–H groups in total. The van der Waals surface area contributed by atoms with Gasteiger partial charge in [0.05, 0.1) is 25.0 Å². The Hall–Kier alpha value is -0.680. The van der Waals surface area contributed by atoms with Gasteiger partial charge < -0.3 is 10.1 Å². The first-order valence-electron chi connectivity index (χ1n) is 5.69. The number of methoxy groups -OCH3 is 1. The van der Waals surface area contributed by atoms with E-state index in [2.05, 4.69) is 23.5 Å². The zero-order valence-corrected chi connectivity index (χ0v) is 10.7. The number of ether oxygens (including phenoxy) is 1. The van der Waals surface area contributed by atoms with E-state index >= 15 is 0 Å². The first-order chi connectivity index (χ1) is 7.79. The Morgan fingerprint density at radius 1 is 1.69 bits per heavy atom. The number of aromatic nitrogens is 2. The van der Waals surface area contributed by atoms with Gasteiger partial charge in [-0.05, 0) is 12.2 Å². The van der Waals surface area contributed by atoms with E-state index in [9.17, 15) is 0 Å². The summed E-state index contributed by atoms with van der Waals surface area (Å²) in [7, 11) is 1.71. The van der Waals surface area contributed by atoms with Crippen LogP contribution in [0.4, 0.5) is 5.69 Å². The second-order valence-corrected chi connectivity index (χ2v) is 5.59. The molecule has 0 aromatic carbocycles. The van der Waals surface area contributed by atoms with Crippen LogP contribution >= 0.6 is 11.8 Å². The highest BCUT2D eigenvalue weighted by Gasteiger charge is 2.23. The van der Waals surface area contributed by atoms with Gasteiger partial charge in [-0.15, -0.1) is 0 Å². The summed E-state index contributed by atoms with van der Waals surface area (Å²) in [5.74, 6) is 1.26. The molecule has 0 spiro atoms. The highest BCUT2D eigenvalue weighted by Crippen LogP contribution is 2.28. The topological polar surface area (TPSA) is 39.1 Å². The van der Waals surface area contributed by atoms with Gasteiger partial charge in [0.25, 0.3) is 0 Å². The molecule has 2 atom stereocenters. The Morgan fingerprint density at radius 2 is 2.56 bits per heavy atom. The van der Waals surface area contributed by atoms with Crippen LogP contribution in [0, 0.1) is 0 Å². The number of anilines is 1. The molecule has 0 radical (unpaired) electrons. The molecule has 16 heavy (non-hydrogen) atoms. The Kier molecular flexibility index (Phi) is 4.12. The summed E-state index contributed by atoms with van der Waals surface area (Å²) >= 11 is 2.04. The lowest BCUT2D eigenvalue weighted by Gasteiger charge is -2.15. The third-order valence-corrected chi connectivity index (χ3v) is 4.21. The van der Waals surface area contributed by atoms with Crippen LogP contribution < -0.4 is 5.32 Å². The summed E-state index contributed by atoms with van der Waals surface area (Å²) in [6, 6.07) is 0.588. The van der Waals surface area contributed by atoms with Crippen molar-refractivity contribution < 1.29 is 4.74 Å². The fourth-order valence-corrected chi connectivity index (χ4v) is 3.08. The maximum Gasteiger partial charge on any atom is 0.0729 e. The molecule has 4 nitrogen and oxygen atoms in total. The minimum absolute atomic E-state index is 0.588. The summed E-state index contributed by atoms with van der Waals surface area (Å²) in [6.07, 6.45) is 5.19. The molecule has 0 saturated carbocycles. The monoisotopic (exact) mass is 241 g/mol. The second kappa shape index (κ2) is 5.59. The first-order valence-corrected chi connectivity index (χ1v) is 6.74. The molecule has 2 unspecified atom stereocenters. The van der Waals surface area contributed by atoms with Gasteiger partial charge in [0.2, 0.25) is 0 Å². The fourth-order valence-electron chi connectivity index (χ4n) is 1.88.